The molecule has 0 saturated heterocycles. The fourth-order valence-electron chi connectivity index (χ4n) is 1.89. The summed E-state index contributed by atoms with van der Waals surface area (Å²) in [7, 11) is 0. The van der Waals surface area contributed by atoms with Gasteiger partial charge >= 0.3 is 0 Å². The molecule has 1 unspecified atom stereocenters. The summed E-state index contributed by atoms with van der Waals surface area (Å²) in [4.78, 5) is 0. The predicted octanol–water partition coefficient (Wildman–Crippen LogP) is 3.93. The summed E-state index contributed by atoms with van der Waals surface area (Å²) in [5.74, 6) is 0.977. The first kappa shape index (κ1) is 13.3. The van der Waals surface area contributed by atoms with Gasteiger partial charge in [0.2, 0.25) is 0 Å². The second-order valence-electron chi connectivity index (χ2n) is 4.47. The standard InChI is InChI=1S/C14H24O2/c1-2-3-4-5-6-8-13(15)10-11-14-9-7-12-16-14/h7,9,12-13,15H,2-6,8,10-11H2,1H3. The van der Waals surface area contributed by atoms with Crippen LogP contribution >= 0.6 is 0 Å². The van der Waals surface area contributed by atoms with Crippen LogP contribution in [0, 0.1) is 0 Å². The lowest BCUT2D eigenvalue weighted by Crippen LogP contribution is -2.07. The number of furan rings is 1. The molecule has 0 saturated carbocycles. The number of hydrogen-bond donors (Lipinski definition) is 1. The Kier molecular flexibility index (Phi) is 6.98. The second kappa shape index (κ2) is 8.40. The van der Waals surface area contributed by atoms with E-state index in [-0.39, 0.29) is 6.10 Å². The third kappa shape index (κ3) is 5.96. The van der Waals surface area contributed by atoms with Gasteiger partial charge < -0.3 is 9.52 Å². The first-order chi connectivity index (χ1) is 7.83. The number of unbranched alkanes of at least 4 members (excludes halogenated alkanes) is 4. The van der Waals surface area contributed by atoms with Crippen molar-refractivity contribution in [3.63, 3.8) is 0 Å². The summed E-state index contributed by atoms with van der Waals surface area (Å²) >= 11 is 0. The van der Waals surface area contributed by atoms with Crippen molar-refractivity contribution in [3.05, 3.63) is 24.2 Å². The molecule has 0 aliphatic rings. The van der Waals surface area contributed by atoms with Gasteiger partial charge in [0.15, 0.2) is 0 Å². The number of aliphatic hydroxyl groups is 1. The molecule has 0 spiro atoms. The number of aryl methyl sites for hydroxylation is 1. The quantitative estimate of drug-likeness (QED) is 0.645. The van der Waals surface area contributed by atoms with Crippen molar-refractivity contribution in [1.82, 2.24) is 0 Å². The van der Waals surface area contributed by atoms with E-state index >= 15 is 0 Å². The van der Waals surface area contributed by atoms with E-state index in [1.807, 2.05) is 12.1 Å². The highest BCUT2D eigenvalue weighted by molar-refractivity contribution is 4.98. The Labute approximate surface area is 98.7 Å². The Balaban J connectivity index is 1.96. The summed E-state index contributed by atoms with van der Waals surface area (Å²) in [5, 5.41) is 9.76. The van der Waals surface area contributed by atoms with E-state index in [2.05, 4.69) is 6.92 Å². The third-order valence-corrected chi connectivity index (χ3v) is 2.94. The van der Waals surface area contributed by atoms with Crippen LogP contribution in [0.1, 0.15) is 57.6 Å². The zero-order valence-electron chi connectivity index (χ0n) is 10.3. The zero-order chi connectivity index (χ0) is 11.6. The molecule has 1 heterocycles. The van der Waals surface area contributed by atoms with Gasteiger partial charge in [0.05, 0.1) is 12.4 Å². The molecule has 2 nitrogen and oxygen atoms in total. The minimum absolute atomic E-state index is 0.160. The second-order valence-corrected chi connectivity index (χ2v) is 4.47. The van der Waals surface area contributed by atoms with Crippen molar-refractivity contribution >= 4 is 0 Å². The molecule has 16 heavy (non-hydrogen) atoms. The van der Waals surface area contributed by atoms with Crippen molar-refractivity contribution in [2.24, 2.45) is 0 Å². The predicted molar refractivity (Wildman–Crippen MR) is 66.4 cm³/mol. The molecule has 0 aromatic carbocycles. The van der Waals surface area contributed by atoms with Gasteiger partial charge in [-0.3, -0.25) is 0 Å². The average molecular weight is 224 g/mol. The van der Waals surface area contributed by atoms with Gasteiger partial charge in [0.25, 0.3) is 0 Å². The fraction of sp³-hybridized carbons (Fsp3) is 0.714. The highest BCUT2D eigenvalue weighted by Crippen LogP contribution is 2.12. The smallest absolute Gasteiger partial charge is 0.103 e. The minimum atomic E-state index is -0.160. The van der Waals surface area contributed by atoms with E-state index in [1.165, 1.54) is 25.7 Å². The molecule has 0 aliphatic heterocycles. The van der Waals surface area contributed by atoms with Gasteiger partial charge in [-0.2, -0.15) is 0 Å². The number of hydrogen-bond acceptors (Lipinski definition) is 2. The van der Waals surface area contributed by atoms with Gasteiger partial charge in [-0.15, -0.1) is 0 Å². The topological polar surface area (TPSA) is 33.4 Å². The van der Waals surface area contributed by atoms with Crippen LogP contribution in [0.4, 0.5) is 0 Å². The molecule has 1 N–H and O–H groups in total. The van der Waals surface area contributed by atoms with Crippen LogP contribution in [0.25, 0.3) is 0 Å². The normalized spacial score (nSPS) is 12.9. The van der Waals surface area contributed by atoms with E-state index in [9.17, 15) is 5.11 Å². The van der Waals surface area contributed by atoms with Gasteiger partial charge in [-0.25, -0.2) is 0 Å². The fourth-order valence-corrected chi connectivity index (χ4v) is 1.89. The van der Waals surface area contributed by atoms with Gasteiger partial charge in [0.1, 0.15) is 5.76 Å². The van der Waals surface area contributed by atoms with Crippen molar-refractivity contribution in [2.45, 2.75) is 64.4 Å². The Hall–Kier alpha value is -0.760. The molecule has 0 bridgehead atoms. The Morgan fingerprint density at radius 2 is 2.00 bits per heavy atom. The molecule has 1 aromatic rings. The maximum Gasteiger partial charge on any atom is 0.103 e. The van der Waals surface area contributed by atoms with Gasteiger partial charge in [-0.05, 0) is 25.0 Å². The van der Waals surface area contributed by atoms with Crippen molar-refractivity contribution in [2.75, 3.05) is 0 Å². The van der Waals surface area contributed by atoms with E-state index < -0.39 is 0 Å². The van der Waals surface area contributed by atoms with Crippen LogP contribution < -0.4 is 0 Å². The van der Waals surface area contributed by atoms with Crippen molar-refractivity contribution in [3.8, 4) is 0 Å². The van der Waals surface area contributed by atoms with Gasteiger partial charge in [0, 0.05) is 6.42 Å². The monoisotopic (exact) mass is 224 g/mol. The summed E-state index contributed by atoms with van der Waals surface area (Å²) < 4.78 is 5.23. The number of rotatable bonds is 9. The highest BCUT2D eigenvalue weighted by Gasteiger charge is 2.05. The van der Waals surface area contributed by atoms with Crippen LogP contribution in [0.5, 0.6) is 0 Å². The minimum Gasteiger partial charge on any atom is -0.469 e. The van der Waals surface area contributed by atoms with Crippen LogP contribution in [-0.2, 0) is 6.42 Å². The van der Waals surface area contributed by atoms with E-state index in [4.69, 9.17) is 4.42 Å². The molecule has 0 aliphatic carbocycles. The summed E-state index contributed by atoms with van der Waals surface area (Å²) in [6.45, 7) is 2.22. The largest absolute Gasteiger partial charge is 0.469 e. The molecule has 2 heteroatoms. The van der Waals surface area contributed by atoms with Crippen LogP contribution in [-0.4, -0.2) is 11.2 Å². The third-order valence-electron chi connectivity index (χ3n) is 2.94. The zero-order valence-corrected chi connectivity index (χ0v) is 10.3. The molecular formula is C14H24O2. The molecule has 1 atom stereocenters. The van der Waals surface area contributed by atoms with Crippen molar-refractivity contribution < 1.29 is 9.52 Å². The Bertz CT molecular complexity index is 241. The van der Waals surface area contributed by atoms with E-state index in [0.717, 1.165) is 31.4 Å². The first-order valence-corrected chi connectivity index (χ1v) is 6.53. The van der Waals surface area contributed by atoms with Crippen molar-refractivity contribution in [1.29, 1.82) is 0 Å². The first-order valence-electron chi connectivity index (χ1n) is 6.53. The van der Waals surface area contributed by atoms with Crippen LogP contribution in [0.15, 0.2) is 22.8 Å². The van der Waals surface area contributed by atoms with Crippen LogP contribution in [0.2, 0.25) is 0 Å². The summed E-state index contributed by atoms with van der Waals surface area (Å²) in [6, 6.07) is 3.86. The number of aliphatic hydroxyl groups excluding tert-OH is 1. The Morgan fingerprint density at radius 3 is 2.69 bits per heavy atom. The molecular weight excluding hydrogens is 200 g/mol. The lowest BCUT2D eigenvalue weighted by atomic mass is 10.0. The lowest BCUT2D eigenvalue weighted by molar-refractivity contribution is 0.149. The Morgan fingerprint density at radius 1 is 1.19 bits per heavy atom. The maximum atomic E-state index is 9.76. The molecule has 0 fully saturated rings. The molecule has 1 rings (SSSR count). The average Bonchev–Trinajstić information content (AvgIpc) is 2.79. The van der Waals surface area contributed by atoms with Gasteiger partial charge in [-0.1, -0.05) is 39.0 Å². The molecule has 1 aromatic heterocycles. The highest BCUT2D eigenvalue weighted by atomic mass is 16.3. The SMILES string of the molecule is CCCCCCCC(O)CCc1ccco1. The summed E-state index contributed by atoms with van der Waals surface area (Å²) in [6.07, 6.45) is 10.4. The summed E-state index contributed by atoms with van der Waals surface area (Å²) in [5.41, 5.74) is 0. The van der Waals surface area contributed by atoms with E-state index in [0.29, 0.717) is 0 Å². The van der Waals surface area contributed by atoms with Crippen LogP contribution in [0.3, 0.4) is 0 Å². The lowest BCUT2D eigenvalue weighted by Gasteiger charge is -2.08. The molecule has 0 amide bonds. The molecule has 92 valence electrons. The van der Waals surface area contributed by atoms with E-state index in [1.54, 1.807) is 6.26 Å². The molecule has 0 radical (unpaired) electrons. The maximum absolute atomic E-state index is 9.76.